The van der Waals surface area contributed by atoms with Crippen molar-refractivity contribution in [3.63, 3.8) is 0 Å². The predicted molar refractivity (Wildman–Crippen MR) is 61.3 cm³/mol. The third kappa shape index (κ3) is 1.56. The first-order valence-electron chi connectivity index (χ1n) is 5.17. The SMILES string of the molecule is C=C1c2cccc(C)c2CCN1C(C)=O. The lowest BCUT2D eigenvalue weighted by atomic mass is 9.93. The van der Waals surface area contributed by atoms with E-state index in [0.717, 1.165) is 24.2 Å². The summed E-state index contributed by atoms with van der Waals surface area (Å²) in [4.78, 5) is 13.1. The number of carbonyl (C=O) groups is 1. The van der Waals surface area contributed by atoms with Gasteiger partial charge in [0.05, 0.1) is 0 Å². The predicted octanol–water partition coefficient (Wildman–Crippen LogP) is 2.37. The number of carbonyl (C=O) groups excluding carboxylic acids is 1. The molecule has 2 rings (SSSR count). The van der Waals surface area contributed by atoms with E-state index in [9.17, 15) is 4.79 Å². The van der Waals surface area contributed by atoms with Crippen LogP contribution in [-0.2, 0) is 11.2 Å². The zero-order chi connectivity index (χ0) is 11.0. The normalized spacial score (nSPS) is 15.1. The van der Waals surface area contributed by atoms with Gasteiger partial charge in [0.2, 0.25) is 5.91 Å². The van der Waals surface area contributed by atoms with Crippen LogP contribution in [0.2, 0.25) is 0 Å². The molecule has 0 aromatic heterocycles. The number of hydrogen-bond donors (Lipinski definition) is 0. The molecule has 0 saturated heterocycles. The van der Waals surface area contributed by atoms with E-state index in [1.807, 2.05) is 12.1 Å². The number of benzene rings is 1. The highest BCUT2D eigenvalue weighted by atomic mass is 16.2. The standard InChI is InChI=1S/C13H15NO/c1-9-5-4-6-13-10(2)14(11(3)15)8-7-12(9)13/h4-6H,2,7-8H2,1,3H3. The van der Waals surface area contributed by atoms with Crippen molar-refractivity contribution in [2.75, 3.05) is 6.54 Å². The van der Waals surface area contributed by atoms with Gasteiger partial charge in [0.1, 0.15) is 0 Å². The fourth-order valence-corrected chi connectivity index (χ4v) is 2.16. The van der Waals surface area contributed by atoms with Crippen molar-refractivity contribution in [1.82, 2.24) is 4.90 Å². The highest BCUT2D eigenvalue weighted by molar-refractivity contribution is 5.86. The van der Waals surface area contributed by atoms with E-state index in [4.69, 9.17) is 0 Å². The number of aryl methyl sites for hydroxylation is 1. The van der Waals surface area contributed by atoms with E-state index in [2.05, 4.69) is 19.6 Å². The minimum absolute atomic E-state index is 0.0761. The molecule has 0 bridgehead atoms. The lowest BCUT2D eigenvalue weighted by Crippen LogP contribution is -2.33. The zero-order valence-corrected chi connectivity index (χ0v) is 9.21. The van der Waals surface area contributed by atoms with Crippen molar-refractivity contribution in [3.05, 3.63) is 41.5 Å². The van der Waals surface area contributed by atoms with Crippen LogP contribution in [0.1, 0.15) is 23.6 Å². The molecule has 1 aliphatic heterocycles. The first-order chi connectivity index (χ1) is 7.11. The quantitative estimate of drug-likeness (QED) is 0.631. The Balaban J connectivity index is 2.47. The molecule has 15 heavy (non-hydrogen) atoms. The van der Waals surface area contributed by atoms with Crippen molar-refractivity contribution in [2.24, 2.45) is 0 Å². The molecule has 1 amide bonds. The minimum Gasteiger partial charge on any atom is -0.312 e. The summed E-state index contributed by atoms with van der Waals surface area (Å²) in [6.07, 6.45) is 0.931. The third-order valence-electron chi connectivity index (χ3n) is 3.01. The van der Waals surface area contributed by atoms with Gasteiger partial charge in [-0.2, -0.15) is 0 Å². The molecular weight excluding hydrogens is 186 g/mol. The minimum atomic E-state index is 0.0761. The van der Waals surface area contributed by atoms with Gasteiger partial charge in [0.15, 0.2) is 0 Å². The largest absolute Gasteiger partial charge is 0.312 e. The lowest BCUT2D eigenvalue weighted by molar-refractivity contribution is -0.125. The second kappa shape index (κ2) is 3.54. The Hall–Kier alpha value is -1.57. The molecule has 0 saturated carbocycles. The van der Waals surface area contributed by atoms with Gasteiger partial charge in [-0.05, 0) is 24.5 Å². The summed E-state index contributed by atoms with van der Waals surface area (Å²) in [6, 6.07) is 6.16. The van der Waals surface area contributed by atoms with Gasteiger partial charge in [-0.15, -0.1) is 0 Å². The Morgan fingerprint density at radius 2 is 2.20 bits per heavy atom. The van der Waals surface area contributed by atoms with Crippen molar-refractivity contribution < 1.29 is 4.79 Å². The molecule has 1 aromatic rings. The monoisotopic (exact) mass is 201 g/mol. The summed E-state index contributed by atoms with van der Waals surface area (Å²) in [6.45, 7) is 8.46. The number of hydrogen-bond acceptors (Lipinski definition) is 1. The molecule has 0 unspecified atom stereocenters. The number of nitrogens with zero attached hydrogens (tertiary/aromatic N) is 1. The first-order valence-corrected chi connectivity index (χ1v) is 5.17. The Morgan fingerprint density at radius 1 is 1.47 bits per heavy atom. The van der Waals surface area contributed by atoms with Crippen LogP contribution in [0.25, 0.3) is 5.70 Å². The van der Waals surface area contributed by atoms with Crippen molar-refractivity contribution in [1.29, 1.82) is 0 Å². The first kappa shape index (κ1) is 9.97. The summed E-state index contributed by atoms with van der Waals surface area (Å²) in [5.41, 5.74) is 4.58. The molecule has 78 valence electrons. The van der Waals surface area contributed by atoms with Crippen LogP contribution >= 0.6 is 0 Å². The molecule has 1 aromatic carbocycles. The maximum absolute atomic E-state index is 11.4. The highest BCUT2D eigenvalue weighted by Crippen LogP contribution is 2.29. The van der Waals surface area contributed by atoms with Crippen molar-refractivity contribution in [3.8, 4) is 0 Å². The molecular formula is C13H15NO. The van der Waals surface area contributed by atoms with Crippen LogP contribution in [0.4, 0.5) is 0 Å². The van der Waals surface area contributed by atoms with Gasteiger partial charge in [-0.25, -0.2) is 0 Å². The average molecular weight is 201 g/mol. The molecule has 0 spiro atoms. The fourth-order valence-electron chi connectivity index (χ4n) is 2.16. The molecule has 0 N–H and O–H groups in total. The maximum Gasteiger partial charge on any atom is 0.223 e. The second-order valence-corrected chi connectivity index (χ2v) is 3.97. The summed E-state index contributed by atoms with van der Waals surface area (Å²) in [5, 5.41) is 0. The van der Waals surface area contributed by atoms with E-state index in [-0.39, 0.29) is 5.91 Å². The van der Waals surface area contributed by atoms with E-state index >= 15 is 0 Å². The van der Waals surface area contributed by atoms with Crippen LogP contribution < -0.4 is 0 Å². The van der Waals surface area contributed by atoms with Crippen LogP contribution in [0, 0.1) is 6.92 Å². The molecule has 2 nitrogen and oxygen atoms in total. The Morgan fingerprint density at radius 3 is 2.87 bits per heavy atom. The number of fused-ring (bicyclic) bond motifs is 1. The topological polar surface area (TPSA) is 20.3 Å². The zero-order valence-electron chi connectivity index (χ0n) is 9.21. The highest BCUT2D eigenvalue weighted by Gasteiger charge is 2.22. The Kier molecular flexibility index (Phi) is 2.35. The summed E-state index contributed by atoms with van der Waals surface area (Å²) in [7, 11) is 0. The smallest absolute Gasteiger partial charge is 0.223 e. The average Bonchev–Trinajstić information content (AvgIpc) is 2.19. The molecule has 2 heteroatoms. The van der Waals surface area contributed by atoms with Crippen LogP contribution in [0.3, 0.4) is 0 Å². The molecule has 0 radical (unpaired) electrons. The number of rotatable bonds is 0. The number of amides is 1. The molecule has 1 aliphatic rings. The van der Waals surface area contributed by atoms with Crippen LogP contribution in [0.5, 0.6) is 0 Å². The van der Waals surface area contributed by atoms with Gasteiger partial charge in [0.25, 0.3) is 0 Å². The lowest BCUT2D eigenvalue weighted by Gasteiger charge is -2.30. The summed E-state index contributed by atoms with van der Waals surface area (Å²) >= 11 is 0. The summed E-state index contributed by atoms with van der Waals surface area (Å²) < 4.78 is 0. The van der Waals surface area contributed by atoms with Crippen LogP contribution in [-0.4, -0.2) is 17.4 Å². The third-order valence-corrected chi connectivity index (χ3v) is 3.01. The van der Waals surface area contributed by atoms with Crippen molar-refractivity contribution in [2.45, 2.75) is 20.3 Å². The van der Waals surface area contributed by atoms with E-state index < -0.39 is 0 Å². The van der Waals surface area contributed by atoms with E-state index in [1.165, 1.54) is 11.1 Å². The van der Waals surface area contributed by atoms with E-state index in [1.54, 1.807) is 11.8 Å². The van der Waals surface area contributed by atoms with Gasteiger partial charge in [-0.1, -0.05) is 24.8 Å². The fraction of sp³-hybridized carbons (Fsp3) is 0.308. The Labute approximate surface area is 90.2 Å². The van der Waals surface area contributed by atoms with Crippen molar-refractivity contribution >= 4 is 11.6 Å². The molecule has 0 fully saturated rings. The molecule has 0 atom stereocenters. The summed E-state index contributed by atoms with van der Waals surface area (Å²) in [5.74, 6) is 0.0761. The van der Waals surface area contributed by atoms with Crippen LogP contribution in [0.15, 0.2) is 24.8 Å². The van der Waals surface area contributed by atoms with Gasteiger partial charge >= 0.3 is 0 Å². The molecule has 0 aliphatic carbocycles. The Bertz CT molecular complexity index is 434. The van der Waals surface area contributed by atoms with E-state index in [0.29, 0.717) is 0 Å². The van der Waals surface area contributed by atoms with Gasteiger partial charge < -0.3 is 4.90 Å². The molecule has 1 heterocycles. The second-order valence-electron chi connectivity index (χ2n) is 3.97. The van der Waals surface area contributed by atoms with Gasteiger partial charge in [0, 0.05) is 24.7 Å². The maximum atomic E-state index is 11.4. The van der Waals surface area contributed by atoms with Gasteiger partial charge in [-0.3, -0.25) is 4.79 Å².